The Kier molecular flexibility index (Phi) is 9.96. The molecule has 0 aromatic rings. The van der Waals surface area contributed by atoms with Gasteiger partial charge in [0.2, 0.25) is 11.9 Å². The second-order valence-corrected chi connectivity index (χ2v) is 10.5. The van der Waals surface area contributed by atoms with Crippen molar-refractivity contribution >= 4 is 18.0 Å². The molecule has 1 atom stereocenters. The van der Waals surface area contributed by atoms with Crippen molar-refractivity contribution in [3.8, 4) is 6.07 Å². The van der Waals surface area contributed by atoms with Crippen LogP contribution in [-0.4, -0.2) is 79.2 Å². The number of ether oxygens (including phenoxy) is 1. The highest BCUT2D eigenvalue weighted by Gasteiger charge is 2.38. The Bertz CT molecular complexity index is 723. The number of rotatable bonds is 5. The van der Waals surface area contributed by atoms with Crippen molar-refractivity contribution in [1.29, 1.82) is 5.26 Å². The van der Waals surface area contributed by atoms with Gasteiger partial charge in [0.1, 0.15) is 11.6 Å². The number of amides is 2. The number of guanidine groups is 1. The van der Waals surface area contributed by atoms with Gasteiger partial charge in [-0.25, -0.2) is 9.79 Å². The van der Waals surface area contributed by atoms with E-state index in [0.29, 0.717) is 25.2 Å². The maximum Gasteiger partial charge on any atom is 0.413 e. The van der Waals surface area contributed by atoms with Gasteiger partial charge in [0.05, 0.1) is 12.7 Å². The van der Waals surface area contributed by atoms with Gasteiger partial charge in [0.25, 0.3) is 0 Å². The van der Waals surface area contributed by atoms with E-state index in [1.54, 1.807) is 6.92 Å². The van der Waals surface area contributed by atoms with Gasteiger partial charge in [-0.05, 0) is 51.5 Å². The van der Waals surface area contributed by atoms with Crippen molar-refractivity contribution in [1.82, 2.24) is 20.4 Å². The van der Waals surface area contributed by atoms with E-state index in [1.807, 2.05) is 11.9 Å². The Balaban J connectivity index is 2.32. The van der Waals surface area contributed by atoms with Crippen LogP contribution in [0.25, 0.3) is 0 Å². The second kappa shape index (κ2) is 12.2. The zero-order valence-electron chi connectivity index (χ0n) is 21.1. The first-order chi connectivity index (χ1) is 15.6. The highest BCUT2D eigenvalue weighted by atomic mass is 16.5. The summed E-state index contributed by atoms with van der Waals surface area (Å²) in [5, 5.41) is 15.7. The third-order valence-corrected chi connectivity index (χ3v) is 6.20. The number of carbonyl (C=O) groups excluding carboxylic acids is 2. The summed E-state index contributed by atoms with van der Waals surface area (Å²) in [6.07, 6.45) is 5.36. The van der Waals surface area contributed by atoms with Crippen molar-refractivity contribution in [2.24, 2.45) is 10.4 Å². The molecule has 2 saturated heterocycles. The molecule has 9 nitrogen and oxygen atoms in total. The molecule has 0 saturated carbocycles. The number of nitriles is 1. The third-order valence-electron chi connectivity index (χ3n) is 6.20. The Morgan fingerprint density at radius 3 is 2.24 bits per heavy atom. The standard InChI is InChI=1S/C24H42N6O3/c1-6-33-22(32)27-21(30-13-9-7-8-10-14-30)26-19(17-23(2,3)4)20(31)28-24(18-25)11-15-29(5)16-12-24/h19H,6-17H2,1-5H3,(H,28,31)(H,26,27,32)/t19-/m0/s1. The fourth-order valence-electron chi connectivity index (χ4n) is 4.24. The van der Waals surface area contributed by atoms with Gasteiger partial charge >= 0.3 is 6.09 Å². The van der Waals surface area contributed by atoms with Crippen LogP contribution in [0.2, 0.25) is 0 Å². The number of alkyl carbamates (subject to hydrolysis) is 1. The van der Waals surface area contributed by atoms with Crippen LogP contribution in [0.1, 0.15) is 72.6 Å². The monoisotopic (exact) mass is 462 g/mol. The molecule has 0 spiro atoms. The van der Waals surface area contributed by atoms with E-state index in [4.69, 9.17) is 9.73 Å². The topological polar surface area (TPSA) is 110 Å². The average molecular weight is 463 g/mol. The first-order valence-corrected chi connectivity index (χ1v) is 12.3. The van der Waals surface area contributed by atoms with Crippen molar-refractivity contribution in [2.75, 3.05) is 39.8 Å². The molecule has 2 aliphatic heterocycles. The van der Waals surface area contributed by atoms with Gasteiger partial charge < -0.3 is 19.9 Å². The van der Waals surface area contributed by atoms with Crippen LogP contribution in [0.15, 0.2) is 4.99 Å². The molecular formula is C24H42N6O3. The quantitative estimate of drug-likeness (QED) is 0.480. The maximum absolute atomic E-state index is 13.5. The largest absolute Gasteiger partial charge is 0.450 e. The van der Waals surface area contributed by atoms with E-state index in [1.165, 1.54) is 0 Å². The molecule has 0 bridgehead atoms. The van der Waals surface area contributed by atoms with Crippen LogP contribution >= 0.6 is 0 Å². The Morgan fingerprint density at radius 1 is 1.12 bits per heavy atom. The number of likely N-dealkylation sites (tertiary alicyclic amines) is 2. The van der Waals surface area contributed by atoms with Crippen molar-refractivity contribution in [2.45, 2.75) is 84.2 Å². The molecule has 33 heavy (non-hydrogen) atoms. The minimum atomic E-state index is -0.882. The normalized spacial score (nSPS) is 20.8. The molecule has 2 aliphatic rings. The summed E-state index contributed by atoms with van der Waals surface area (Å²) in [6, 6.07) is 1.63. The fourth-order valence-corrected chi connectivity index (χ4v) is 4.24. The van der Waals surface area contributed by atoms with Crippen molar-refractivity contribution in [3.63, 3.8) is 0 Å². The molecule has 186 valence electrons. The van der Waals surface area contributed by atoms with Gasteiger partial charge in [0.15, 0.2) is 0 Å². The first-order valence-electron chi connectivity index (χ1n) is 12.3. The zero-order valence-corrected chi connectivity index (χ0v) is 21.1. The average Bonchev–Trinajstić information content (AvgIpc) is 3.03. The van der Waals surface area contributed by atoms with Crippen LogP contribution in [0.3, 0.4) is 0 Å². The molecule has 0 aromatic heterocycles. The van der Waals surface area contributed by atoms with Crippen LogP contribution in [0, 0.1) is 16.7 Å². The lowest BCUT2D eigenvalue weighted by Crippen LogP contribution is -2.56. The minimum Gasteiger partial charge on any atom is -0.450 e. The molecule has 2 fully saturated rings. The van der Waals surface area contributed by atoms with Crippen LogP contribution in [0.5, 0.6) is 0 Å². The number of carbonyl (C=O) groups is 2. The van der Waals surface area contributed by atoms with Gasteiger partial charge in [-0.1, -0.05) is 33.6 Å². The fraction of sp³-hybridized carbons (Fsp3) is 0.833. The van der Waals surface area contributed by atoms with Crippen molar-refractivity contribution < 1.29 is 14.3 Å². The Labute approximate surface area is 198 Å². The molecular weight excluding hydrogens is 420 g/mol. The van der Waals surface area contributed by atoms with Gasteiger partial charge in [-0.2, -0.15) is 5.26 Å². The summed E-state index contributed by atoms with van der Waals surface area (Å²) in [6.45, 7) is 11.2. The summed E-state index contributed by atoms with van der Waals surface area (Å²) in [5.41, 5.74) is -1.06. The van der Waals surface area contributed by atoms with Crippen molar-refractivity contribution in [3.05, 3.63) is 0 Å². The minimum absolute atomic E-state index is 0.175. The van der Waals surface area contributed by atoms with E-state index < -0.39 is 17.7 Å². The molecule has 2 N–H and O–H groups in total. The van der Waals surface area contributed by atoms with Gasteiger partial charge in [-0.15, -0.1) is 0 Å². The number of hydrogen-bond acceptors (Lipinski definition) is 6. The van der Waals surface area contributed by atoms with E-state index in [2.05, 4.69) is 42.4 Å². The summed E-state index contributed by atoms with van der Waals surface area (Å²) < 4.78 is 5.10. The van der Waals surface area contributed by atoms with E-state index in [0.717, 1.165) is 51.9 Å². The van der Waals surface area contributed by atoms with Gasteiger partial charge in [0, 0.05) is 26.2 Å². The van der Waals surface area contributed by atoms with Crippen LogP contribution in [0.4, 0.5) is 4.79 Å². The molecule has 0 aliphatic carbocycles. The van der Waals surface area contributed by atoms with Crippen LogP contribution < -0.4 is 10.6 Å². The second-order valence-electron chi connectivity index (χ2n) is 10.5. The number of aliphatic imine (C=N–C) groups is 1. The number of piperidine rings is 1. The summed E-state index contributed by atoms with van der Waals surface area (Å²) >= 11 is 0. The predicted molar refractivity (Wildman–Crippen MR) is 129 cm³/mol. The molecule has 2 amide bonds. The predicted octanol–water partition coefficient (Wildman–Crippen LogP) is 2.87. The third kappa shape index (κ3) is 8.84. The van der Waals surface area contributed by atoms with Crippen LogP contribution in [-0.2, 0) is 9.53 Å². The smallest absolute Gasteiger partial charge is 0.413 e. The number of hydrogen-bond donors (Lipinski definition) is 2. The molecule has 9 heteroatoms. The Hall–Kier alpha value is -2.34. The van der Waals surface area contributed by atoms with E-state index in [9.17, 15) is 14.9 Å². The summed E-state index contributed by atoms with van der Waals surface area (Å²) in [4.78, 5) is 34.8. The molecule has 2 rings (SSSR count). The summed E-state index contributed by atoms with van der Waals surface area (Å²) in [5.74, 6) is 0.114. The molecule has 0 radical (unpaired) electrons. The molecule has 0 unspecified atom stereocenters. The molecule has 0 aromatic carbocycles. The lowest BCUT2D eigenvalue weighted by Gasteiger charge is -2.37. The number of nitrogens with one attached hydrogen (secondary N) is 2. The lowest BCUT2D eigenvalue weighted by atomic mass is 9.86. The van der Waals surface area contributed by atoms with E-state index >= 15 is 0 Å². The lowest BCUT2D eigenvalue weighted by molar-refractivity contribution is -0.124. The highest BCUT2D eigenvalue weighted by Crippen LogP contribution is 2.26. The molecule has 2 heterocycles. The number of nitrogens with zero attached hydrogens (tertiary/aromatic N) is 4. The van der Waals surface area contributed by atoms with E-state index in [-0.39, 0.29) is 17.9 Å². The SMILES string of the molecule is CCOC(=O)NC(=N[C@@H](CC(C)(C)C)C(=O)NC1(C#N)CCN(C)CC1)N1CCCCCC1. The Morgan fingerprint density at radius 2 is 1.73 bits per heavy atom. The highest BCUT2D eigenvalue weighted by molar-refractivity contribution is 5.96. The van der Waals surface area contributed by atoms with Gasteiger partial charge in [-0.3, -0.25) is 10.1 Å². The maximum atomic E-state index is 13.5. The first kappa shape index (κ1) is 26.9. The zero-order chi connectivity index (χ0) is 24.5. The summed E-state index contributed by atoms with van der Waals surface area (Å²) in [7, 11) is 2.02.